The quantitative estimate of drug-likeness (QED) is 0.594. The molecule has 1 aromatic rings. The average molecular weight is 216 g/mol. The summed E-state index contributed by atoms with van der Waals surface area (Å²) >= 11 is 0. The van der Waals surface area contributed by atoms with Crippen molar-refractivity contribution in [3.63, 3.8) is 0 Å². The van der Waals surface area contributed by atoms with Gasteiger partial charge in [0.15, 0.2) is 0 Å². The van der Waals surface area contributed by atoms with Crippen molar-refractivity contribution in [2.75, 3.05) is 0 Å². The largest absolute Gasteiger partial charge is 0.488 e. The van der Waals surface area contributed by atoms with Crippen LogP contribution in [0.2, 0.25) is 0 Å². The Morgan fingerprint density at radius 1 is 1.25 bits per heavy atom. The lowest BCUT2D eigenvalue weighted by atomic mass is 9.79. The van der Waals surface area contributed by atoms with Gasteiger partial charge in [-0.1, -0.05) is 49.4 Å². The molecular weight excluding hydrogens is 199 g/mol. The highest BCUT2D eigenvalue weighted by Gasteiger charge is 2.10. The first-order valence-electron chi connectivity index (χ1n) is 5.47. The molecule has 0 saturated heterocycles. The molecule has 0 atom stereocenters. The van der Waals surface area contributed by atoms with E-state index < -0.39 is 7.12 Å². The summed E-state index contributed by atoms with van der Waals surface area (Å²) in [6, 6.07) is 7.29. The molecule has 0 spiro atoms. The number of rotatable bonds is 4. The van der Waals surface area contributed by atoms with Crippen LogP contribution in [0, 0.1) is 0 Å². The van der Waals surface area contributed by atoms with E-state index in [2.05, 4.69) is 13.0 Å². The maximum Gasteiger partial charge on any atom is 0.488 e. The van der Waals surface area contributed by atoms with E-state index in [1.807, 2.05) is 31.2 Å². The van der Waals surface area contributed by atoms with Gasteiger partial charge in [-0.05, 0) is 29.9 Å². The van der Waals surface area contributed by atoms with Crippen molar-refractivity contribution in [1.29, 1.82) is 0 Å². The minimum Gasteiger partial charge on any atom is -0.423 e. The summed E-state index contributed by atoms with van der Waals surface area (Å²) in [6.45, 7) is 4.08. The minimum atomic E-state index is -1.39. The standard InChI is InChI=1S/C13H17BO2/c1-3-5-6-11(4-2)12-7-9-13(10-8-12)14(15)16/h3,5-10,15-16H,4H2,1-2H3/b5-3-,11-6+. The van der Waals surface area contributed by atoms with Crippen LogP contribution in [0.4, 0.5) is 0 Å². The summed E-state index contributed by atoms with van der Waals surface area (Å²) in [5.41, 5.74) is 2.87. The molecule has 0 aliphatic carbocycles. The van der Waals surface area contributed by atoms with Crippen LogP contribution in [0.1, 0.15) is 25.8 Å². The number of benzene rings is 1. The zero-order chi connectivity index (χ0) is 12.0. The molecule has 1 rings (SSSR count). The lowest BCUT2D eigenvalue weighted by Gasteiger charge is -2.05. The fourth-order valence-corrected chi connectivity index (χ4v) is 1.50. The van der Waals surface area contributed by atoms with Gasteiger partial charge in [-0.25, -0.2) is 0 Å². The molecule has 0 unspecified atom stereocenters. The molecular formula is C13H17BO2. The Hall–Kier alpha value is -1.32. The highest BCUT2D eigenvalue weighted by atomic mass is 16.4. The summed E-state index contributed by atoms with van der Waals surface area (Å²) in [5, 5.41) is 18.0. The molecule has 0 amide bonds. The molecule has 0 radical (unpaired) electrons. The van der Waals surface area contributed by atoms with E-state index in [1.54, 1.807) is 12.1 Å². The second-order valence-electron chi connectivity index (χ2n) is 3.57. The third-order valence-corrected chi connectivity index (χ3v) is 2.45. The lowest BCUT2D eigenvalue weighted by molar-refractivity contribution is 0.426. The van der Waals surface area contributed by atoms with Crippen LogP contribution in [0.3, 0.4) is 0 Å². The fraction of sp³-hybridized carbons (Fsp3) is 0.231. The smallest absolute Gasteiger partial charge is 0.423 e. The molecule has 2 N–H and O–H groups in total. The van der Waals surface area contributed by atoms with E-state index in [1.165, 1.54) is 5.57 Å². The lowest BCUT2D eigenvalue weighted by Crippen LogP contribution is -2.29. The highest BCUT2D eigenvalue weighted by Crippen LogP contribution is 2.16. The van der Waals surface area contributed by atoms with Crippen LogP contribution < -0.4 is 5.46 Å². The van der Waals surface area contributed by atoms with Crippen LogP contribution >= 0.6 is 0 Å². The maximum absolute atomic E-state index is 8.98. The predicted octanol–water partition coefficient (Wildman–Crippen LogP) is 1.74. The van der Waals surface area contributed by atoms with Crippen molar-refractivity contribution >= 4 is 18.2 Å². The molecule has 0 saturated carbocycles. The van der Waals surface area contributed by atoms with Crippen LogP contribution in [-0.4, -0.2) is 17.2 Å². The van der Waals surface area contributed by atoms with Crippen molar-refractivity contribution in [3.05, 3.63) is 48.1 Å². The first-order valence-corrected chi connectivity index (χ1v) is 5.47. The molecule has 0 aliphatic heterocycles. The van der Waals surface area contributed by atoms with Gasteiger partial charge < -0.3 is 10.0 Å². The first kappa shape index (κ1) is 12.8. The predicted molar refractivity (Wildman–Crippen MR) is 69.3 cm³/mol. The van der Waals surface area contributed by atoms with E-state index in [0.717, 1.165) is 12.0 Å². The molecule has 0 fully saturated rings. The topological polar surface area (TPSA) is 40.5 Å². The number of hydrogen-bond acceptors (Lipinski definition) is 2. The molecule has 84 valence electrons. The summed E-state index contributed by atoms with van der Waals surface area (Å²) in [7, 11) is -1.39. The molecule has 2 nitrogen and oxygen atoms in total. The number of hydrogen-bond donors (Lipinski definition) is 2. The fourth-order valence-electron chi connectivity index (χ4n) is 1.50. The Bertz CT molecular complexity index is 377. The van der Waals surface area contributed by atoms with Gasteiger partial charge in [0, 0.05) is 0 Å². The second kappa shape index (κ2) is 6.31. The molecule has 0 heterocycles. The Balaban J connectivity index is 2.95. The first-order chi connectivity index (χ1) is 7.69. The zero-order valence-corrected chi connectivity index (χ0v) is 9.72. The molecule has 3 heteroatoms. The minimum absolute atomic E-state index is 0.519. The van der Waals surface area contributed by atoms with E-state index in [0.29, 0.717) is 5.46 Å². The molecule has 0 aliphatic rings. The average Bonchev–Trinajstić information content (AvgIpc) is 2.30. The molecule has 16 heavy (non-hydrogen) atoms. The Labute approximate surface area is 97.1 Å². The number of allylic oxidation sites excluding steroid dienone is 4. The van der Waals surface area contributed by atoms with Crippen LogP contribution in [0.25, 0.3) is 5.57 Å². The van der Waals surface area contributed by atoms with Gasteiger partial charge in [0.2, 0.25) is 0 Å². The van der Waals surface area contributed by atoms with Crippen LogP contribution in [0.5, 0.6) is 0 Å². The van der Waals surface area contributed by atoms with E-state index in [-0.39, 0.29) is 0 Å². The Morgan fingerprint density at radius 2 is 1.88 bits per heavy atom. The van der Waals surface area contributed by atoms with Crippen LogP contribution in [-0.2, 0) is 0 Å². The third-order valence-electron chi connectivity index (χ3n) is 2.45. The highest BCUT2D eigenvalue weighted by molar-refractivity contribution is 6.58. The monoisotopic (exact) mass is 216 g/mol. The van der Waals surface area contributed by atoms with Gasteiger partial charge in [0.05, 0.1) is 0 Å². The van der Waals surface area contributed by atoms with Gasteiger partial charge >= 0.3 is 7.12 Å². The molecule has 0 bridgehead atoms. The van der Waals surface area contributed by atoms with Gasteiger partial charge in [-0.2, -0.15) is 0 Å². The van der Waals surface area contributed by atoms with Crippen molar-refractivity contribution < 1.29 is 10.0 Å². The van der Waals surface area contributed by atoms with Gasteiger partial charge in [0.25, 0.3) is 0 Å². The normalized spacial score (nSPS) is 12.1. The van der Waals surface area contributed by atoms with Crippen molar-refractivity contribution in [2.24, 2.45) is 0 Å². The summed E-state index contributed by atoms with van der Waals surface area (Å²) in [4.78, 5) is 0. The zero-order valence-electron chi connectivity index (χ0n) is 9.72. The molecule has 0 aromatic heterocycles. The second-order valence-corrected chi connectivity index (χ2v) is 3.57. The van der Waals surface area contributed by atoms with E-state index in [4.69, 9.17) is 10.0 Å². The SMILES string of the molecule is C/C=C\C=C(/CC)c1ccc(B(O)O)cc1. The Morgan fingerprint density at radius 3 is 2.31 bits per heavy atom. The summed E-state index contributed by atoms with van der Waals surface area (Å²) < 4.78 is 0. The van der Waals surface area contributed by atoms with Crippen molar-refractivity contribution in [3.8, 4) is 0 Å². The van der Waals surface area contributed by atoms with E-state index in [9.17, 15) is 0 Å². The van der Waals surface area contributed by atoms with Gasteiger partial charge in [-0.3, -0.25) is 0 Å². The van der Waals surface area contributed by atoms with Gasteiger partial charge in [0.1, 0.15) is 0 Å². The third kappa shape index (κ3) is 3.37. The van der Waals surface area contributed by atoms with E-state index >= 15 is 0 Å². The summed E-state index contributed by atoms with van der Waals surface area (Å²) in [5.74, 6) is 0. The van der Waals surface area contributed by atoms with Crippen molar-refractivity contribution in [2.45, 2.75) is 20.3 Å². The van der Waals surface area contributed by atoms with Gasteiger partial charge in [-0.15, -0.1) is 0 Å². The summed E-state index contributed by atoms with van der Waals surface area (Å²) in [6.07, 6.45) is 7.02. The van der Waals surface area contributed by atoms with Crippen molar-refractivity contribution in [1.82, 2.24) is 0 Å². The van der Waals surface area contributed by atoms with Crippen LogP contribution in [0.15, 0.2) is 42.5 Å². The maximum atomic E-state index is 8.98. The Kier molecular flexibility index (Phi) is 5.03. The molecule has 1 aromatic carbocycles.